The highest BCUT2D eigenvalue weighted by Crippen LogP contribution is 2.19. The van der Waals surface area contributed by atoms with Gasteiger partial charge in [0.05, 0.1) is 0 Å². The van der Waals surface area contributed by atoms with Crippen LogP contribution in [0.1, 0.15) is 32.0 Å². The van der Waals surface area contributed by atoms with Crippen LogP contribution < -0.4 is 9.80 Å². The van der Waals surface area contributed by atoms with E-state index in [0.29, 0.717) is 6.42 Å². The number of hydrogen-bond acceptors (Lipinski definition) is 5. The van der Waals surface area contributed by atoms with Gasteiger partial charge in [0.1, 0.15) is 17.5 Å². The SMILES string of the molecule is CCCCC(=O)N1CCN(c2cc(N(C)C)nc(C)n2)CC1. The topological polar surface area (TPSA) is 52.6 Å². The lowest BCUT2D eigenvalue weighted by molar-refractivity contribution is -0.131. The van der Waals surface area contributed by atoms with E-state index in [2.05, 4.69) is 21.8 Å². The first-order valence-electron chi connectivity index (χ1n) is 8.07. The van der Waals surface area contributed by atoms with Crippen molar-refractivity contribution in [2.45, 2.75) is 33.1 Å². The zero-order valence-corrected chi connectivity index (χ0v) is 14.2. The van der Waals surface area contributed by atoms with Gasteiger partial charge in [-0.25, -0.2) is 9.97 Å². The summed E-state index contributed by atoms with van der Waals surface area (Å²) in [5.74, 6) is 2.94. The molecule has 1 aromatic rings. The van der Waals surface area contributed by atoms with Gasteiger partial charge in [-0.05, 0) is 13.3 Å². The number of rotatable bonds is 5. The van der Waals surface area contributed by atoms with Crippen molar-refractivity contribution < 1.29 is 4.79 Å². The number of aromatic nitrogens is 2. The van der Waals surface area contributed by atoms with Gasteiger partial charge >= 0.3 is 0 Å². The van der Waals surface area contributed by atoms with E-state index in [1.807, 2.05) is 36.9 Å². The van der Waals surface area contributed by atoms with Gasteiger partial charge < -0.3 is 14.7 Å². The molecule has 1 amide bonds. The van der Waals surface area contributed by atoms with E-state index in [9.17, 15) is 4.79 Å². The molecule has 1 saturated heterocycles. The first-order chi connectivity index (χ1) is 10.5. The van der Waals surface area contributed by atoms with Crippen LogP contribution in [0.5, 0.6) is 0 Å². The summed E-state index contributed by atoms with van der Waals surface area (Å²) in [6.07, 6.45) is 2.73. The molecule has 0 aliphatic carbocycles. The maximum atomic E-state index is 12.1. The van der Waals surface area contributed by atoms with Crippen molar-refractivity contribution in [1.29, 1.82) is 0 Å². The highest BCUT2D eigenvalue weighted by Gasteiger charge is 2.22. The summed E-state index contributed by atoms with van der Waals surface area (Å²) in [5.41, 5.74) is 0. The molecule has 22 heavy (non-hydrogen) atoms. The third kappa shape index (κ3) is 4.08. The fraction of sp³-hybridized carbons (Fsp3) is 0.688. The fourth-order valence-electron chi connectivity index (χ4n) is 2.60. The summed E-state index contributed by atoms with van der Waals surface area (Å²) in [4.78, 5) is 27.3. The summed E-state index contributed by atoms with van der Waals surface area (Å²) in [7, 11) is 3.96. The summed E-state index contributed by atoms with van der Waals surface area (Å²) in [6, 6.07) is 2.02. The van der Waals surface area contributed by atoms with Gasteiger partial charge in [-0.1, -0.05) is 13.3 Å². The lowest BCUT2D eigenvalue weighted by atomic mass is 10.2. The van der Waals surface area contributed by atoms with Crippen LogP contribution in [0.4, 0.5) is 11.6 Å². The largest absolute Gasteiger partial charge is 0.363 e. The standard InChI is InChI=1S/C16H27N5O/c1-5-6-7-16(22)21-10-8-20(9-11-21)15-12-14(19(3)4)17-13(2)18-15/h12H,5-11H2,1-4H3. The Balaban J connectivity index is 1.98. The minimum absolute atomic E-state index is 0.286. The molecular formula is C16H27N5O. The van der Waals surface area contributed by atoms with Crippen molar-refractivity contribution in [3.05, 3.63) is 11.9 Å². The molecule has 0 saturated carbocycles. The van der Waals surface area contributed by atoms with Crippen LogP contribution in [0.3, 0.4) is 0 Å². The van der Waals surface area contributed by atoms with Crippen LogP contribution >= 0.6 is 0 Å². The highest BCUT2D eigenvalue weighted by molar-refractivity contribution is 5.76. The third-order valence-corrected chi connectivity index (χ3v) is 3.97. The monoisotopic (exact) mass is 305 g/mol. The predicted molar refractivity (Wildman–Crippen MR) is 89.4 cm³/mol. The molecule has 2 heterocycles. The summed E-state index contributed by atoms with van der Waals surface area (Å²) in [5, 5.41) is 0. The Labute approximate surface area is 133 Å². The molecule has 0 aromatic carbocycles. The van der Waals surface area contributed by atoms with Crippen LogP contribution in [0.2, 0.25) is 0 Å². The molecule has 122 valence electrons. The van der Waals surface area contributed by atoms with E-state index in [0.717, 1.165) is 56.5 Å². The average Bonchev–Trinajstić information content (AvgIpc) is 2.52. The Morgan fingerprint density at radius 3 is 2.50 bits per heavy atom. The van der Waals surface area contributed by atoms with Crippen molar-refractivity contribution in [2.75, 3.05) is 50.1 Å². The van der Waals surface area contributed by atoms with E-state index >= 15 is 0 Å². The predicted octanol–water partition coefficient (Wildman–Crippen LogP) is 1.69. The summed E-state index contributed by atoms with van der Waals surface area (Å²) < 4.78 is 0. The fourth-order valence-corrected chi connectivity index (χ4v) is 2.60. The Morgan fingerprint density at radius 2 is 1.91 bits per heavy atom. The molecule has 2 rings (SSSR count). The van der Waals surface area contributed by atoms with E-state index in [1.54, 1.807) is 0 Å². The van der Waals surface area contributed by atoms with E-state index in [-0.39, 0.29) is 5.91 Å². The van der Waals surface area contributed by atoms with Crippen LogP contribution in [-0.4, -0.2) is 61.0 Å². The van der Waals surface area contributed by atoms with Gasteiger partial charge in [0.2, 0.25) is 5.91 Å². The zero-order valence-electron chi connectivity index (χ0n) is 14.2. The van der Waals surface area contributed by atoms with Gasteiger partial charge in [0, 0.05) is 52.8 Å². The number of carbonyl (C=O) groups is 1. The average molecular weight is 305 g/mol. The molecular weight excluding hydrogens is 278 g/mol. The Morgan fingerprint density at radius 1 is 1.23 bits per heavy atom. The molecule has 0 unspecified atom stereocenters. The molecule has 0 spiro atoms. The van der Waals surface area contributed by atoms with Crippen LogP contribution in [0, 0.1) is 6.92 Å². The Hall–Kier alpha value is -1.85. The zero-order chi connectivity index (χ0) is 16.1. The van der Waals surface area contributed by atoms with Gasteiger partial charge in [-0.2, -0.15) is 0 Å². The van der Waals surface area contributed by atoms with Crippen LogP contribution in [0.15, 0.2) is 6.07 Å². The van der Waals surface area contributed by atoms with Crippen molar-refractivity contribution in [3.8, 4) is 0 Å². The number of unbranched alkanes of at least 4 members (excludes halogenated alkanes) is 1. The molecule has 1 aliphatic heterocycles. The number of amides is 1. The second kappa shape index (κ2) is 7.42. The maximum Gasteiger partial charge on any atom is 0.222 e. The molecule has 1 aliphatic rings. The molecule has 1 fully saturated rings. The number of aryl methyl sites for hydroxylation is 1. The van der Waals surface area contributed by atoms with E-state index in [4.69, 9.17) is 0 Å². The van der Waals surface area contributed by atoms with Crippen molar-refractivity contribution in [3.63, 3.8) is 0 Å². The first-order valence-corrected chi connectivity index (χ1v) is 8.07. The van der Waals surface area contributed by atoms with Crippen molar-refractivity contribution >= 4 is 17.5 Å². The van der Waals surface area contributed by atoms with Gasteiger partial charge in [0.15, 0.2) is 0 Å². The normalized spacial score (nSPS) is 15.1. The van der Waals surface area contributed by atoms with Gasteiger partial charge in [0.25, 0.3) is 0 Å². The highest BCUT2D eigenvalue weighted by atomic mass is 16.2. The number of piperazine rings is 1. The number of carbonyl (C=O) groups excluding carboxylic acids is 1. The summed E-state index contributed by atoms with van der Waals surface area (Å²) >= 11 is 0. The third-order valence-electron chi connectivity index (χ3n) is 3.97. The number of hydrogen-bond donors (Lipinski definition) is 0. The minimum atomic E-state index is 0.286. The molecule has 0 radical (unpaired) electrons. The molecule has 0 atom stereocenters. The Kier molecular flexibility index (Phi) is 5.57. The van der Waals surface area contributed by atoms with Crippen LogP contribution in [-0.2, 0) is 4.79 Å². The first kappa shape index (κ1) is 16.5. The summed E-state index contributed by atoms with van der Waals surface area (Å²) in [6.45, 7) is 7.26. The van der Waals surface area contributed by atoms with Crippen molar-refractivity contribution in [2.24, 2.45) is 0 Å². The lowest BCUT2D eigenvalue weighted by Crippen LogP contribution is -2.49. The Bertz CT molecular complexity index is 509. The lowest BCUT2D eigenvalue weighted by Gasteiger charge is -2.35. The van der Waals surface area contributed by atoms with E-state index in [1.165, 1.54) is 0 Å². The second-order valence-corrected chi connectivity index (χ2v) is 6.00. The minimum Gasteiger partial charge on any atom is -0.363 e. The number of nitrogens with zero attached hydrogens (tertiary/aromatic N) is 5. The smallest absolute Gasteiger partial charge is 0.222 e. The van der Waals surface area contributed by atoms with Gasteiger partial charge in [-0.3, -0.25) is 4.79 Å². The molecule has 6 nitrogen and oxygen atoms in total. The molecule has 0 bridgehead atoms. The molecule has 0 N–H and O–H groups in total. The maximum absolute atomic E-state index is 12.1. The van der Waals surface area contributed by atoms with Crippen LogP contribution in [0.25, 0.3) is 0 Å². The van der Waals surface area contributed by atoms with E-state index < -0.39 is 0 Å². The van der Waals surface area contributed by atoms with Crippen molar-refractivity contribution in [1.82, 2.24) is 14.9 Å². The molecule has 6 heteroatoms. The quantitative estimate of drug-likeness (QED) is 0.828. The second-order valence-electron chi connectivity index (χ2n) is 6.00. The molecule has 1 aromatic heterocycles. The van der Waals surface area contributed by atoms with Gasteiger partial charge in [-0.15, -0.1) is 0 Å². The number of anilines is 2.